The number of amides is 2. The molecule has 0 fully saturated rings. The Morgan fingerprint density at radius 1 is 0.972 bits per heavy atom. The maximum Gasteiger partial charge on any atom is 0.251 e. The third-order valence-corrected chi connectivity index (χ3v) is 5.56. The summed E-state index contributed by atoms with van der Waals surface area (Å²) in [4.78, 5) is 38.2. The Kier molecular flexibility index (Phi) is 12.4. The number of nitrogens with two attached hydrogens (primary N) is 1. The molecule has 0 unspecified atom stereocenters. The second-order valence-electron chi connectivity index (χ2n) is 8.64. The largest absolute Gasteiger partial charge is 0.388 e. The van der Waals surface area contributed by atoms with E-state index in [2.05, 4.69) is 29.4 Å². The summed E-state index contributed by atoms with van der Waals surface area (Å²) in [7, 11) is 1.96. The molecule has 0 aliphatic rings. The average Bonchev–Trinajstić information content (AvgIpc) is 2.89. The standard InChI is InChI=1S/C28H36N4O4/c1-3-4-5-6-17-32(2)19-27(35)30-24-15-11-22(12-16-24)8-7-21-9-13-23(14-10-21)28(36)31-25(18-29)26(34)20-33/h9-16,25,33H,3-6,17-20,29H2,1-2H3,(H,30,35)(H,31,36)/t25-/m0/s1. The van der Waals surface area contributed by atoms with Gasteiger partial charge < -0.3 is 21.5 Å². The molecule has 0 heterocycles. The van der Waals surface area contributed by atoms with Crippen LogP contribution in [0.25, 0.3) is 0 Å². The van der Waals surface area contributed by atoms with Crippen LogP contribution in [0, 0.1) is 11.8 Å². The summed E-state index contributed by atoms with van der Waals surface area (Å²) >= 11 is 0. The molecule has 0 aliphatic heterocycles. The van der Waals surface area contributed by atoms with Crippen LogP contribution in [-0.4, -0.2) is 66.9 Å². The zero-order valence-electron chi connectivity index (χ0n) is 21.0. The van der Waals surface area contributed by atoms with Crippen molar-refractivity contribution >= 4 is 23.3 Å². The minimum absolute atomic E-state index is 0.0468. The lowest BCUT2D eigenvalue weighted by Gasteiger charge is -2.16. The number of nitrogens with zero attached hydrogens (tertiary/aromatic N) is 1. The summed E-state index contributed by atoms with van der Waals surface area (Å²) in [5.74, 6) is 5.06. The van der Waals surface area contributed by atoms with Crippen LogP contribution in [0.1, 0.15) is 54.1 Å². The van der Waals surface area contributed by atoms with Gasteiger partial charge in [-0.2, -0.15) is 0 Å². The van der Waals surface area contributed by atoms with Gasteiger partial charge >= 0.3 is 0 Å². The first-order chi connectivity index (χ1) is 17.4. The van der Waals surface area contributed by atoms with Gasteiger partial charge in [0.05, 0.1) is 6.54 Å². The summed E-state index contributed by atoms with van der Waals surface area (Å²) in [6.07, 6.45) is 4.71. The van der Waals surface area contributed by atoms with Crippen molar-refractivity contribution in [1.29, 1.82) is 0 Å². The number of hydrogen-bond acceptors (Lipinski definition) is 6. The highest BCUT2D eigenvalue weighted by Gasteiger charge is 2.18. The first-order valence-electron chi connectivity index (χ1n) is 12.2. The lowest BCUT2D eigenvalue weighted by molar-refractivity contribution is -0.123. The van der Waals surface area contributed by atoms with Crippen LogP contribution < -0.4 is 16.4 Å². The monoisotopic (exact) mass is 492 g/mol. The fraction of sp³-hybridized carbons (Fsp3) is 0.393. The number of likely N-dealkylation sites (N-methyl/N-ethyl adjacent to an activating group) is 1. The van der Waals surface area contributed by atoms with Crippen LogP contribution in [0.15, 0.2) is 48.5 Å². The molecule has 192 valence electrons. The first kappa shape index (κ1) is 28.7. The van der Waals surface area contributed by atoms with E-state index in [1.54, 1.807) is 24.3 Å². The van der Waals surface area contributed by atoms with E-state index in [1.807, 2.05) is 36.2 Å². The van der Waals surface area contributed by atoms with Gasteiger partial charge in [0.1, 0.15) is 12.6 Å². The van der Waals surface area contributed by atoms with Gasteiger partial charge in [-0.05, 0) is 68.5 Å². The molecule has 8 heteroatoms. The van der Waals surface area contributed by atoms with E-state index >= 15 is 0 Å². The summed E-state index contributed by atoms with van der Waals surface area (Å²) in [5.41, 5.74) is 8.06. The van der Waals surface area contributed by atoms with E-state index in [9.17, 15) is 14.4 Å². The van der Waals surface area contributed by atoms with Crippen molar-refractivity contribution in [2.24, 2.45) is 5.73 Å². The Balaban J connectivity index is 1.87. The molecule has 0 bridgehead atoms. The van der Waals surface area contributed by atoms with Gasteiger partial charge in [0, 0.05) is 28.9 Å². The van der Waals surface area contributed by atoms with Crippen molar-refractivity contribution in [3.8, 4) is 11.8 Å². The highest BCUT2D eigenvalue weighted by molar-refractivity contribution is 5.98. The second kappa shape index (κ2) is 15.5. The Bertz CT molecular complexity index is 1060. The third-order valence-electron chi connectivity index (χ3n) is 5.56. The maximum atomic E-state index is 12.3. The van der Waals surface area contributed by atoms with Gasteiger partial charge in [-0.15, -0.1) is 0 Å². The Labute approximate surface area is 213 Å². The molecule has 0 radical (unpaired) electrons. The Hall–Kier alpha value is -3.51. The molecule has 2 aromatic rings. The number of hydrogen-bond donors (Lipinski definition) is 4. The third kappa shape index (κ3) is 10.0. The number of aliphatic hydroxyl groups is 1. The number of nitrogens with one attached hydrogen (secondary N) is 2. The minimum Gasteiger partial charge on any atom is -0.388 e. The summed E-state index contributed by atoms with van der Waals surface area (Å²) < 4.78 is 0. The van der Waals surface area contributed by atoms with Crippen molar-refractivity contribution in [3.63, 3.8) is 0 Å². The van der Waals surface area contributed by atoms with E-state index in [-0.39, 0.29) is 12.5 Å². The molecule has 1 atom stereocenters. The van der Waals surface area contributed by atoms with Crippen LogP contribution in [0.2, 0.25) is 0 Å². The van der Waals surface area contributed by atoms with Gasteiger partial charge in [-0.1, -0.05) is 38.0 Å². The SMILES string of the molecule is CCCCCCN(C)CC(=O)Nc1ccc(C#Cc2ccc(C(=O)N[C@@H](CN)C(=O)CO)cc2)cc1. The maximum absolute atomic E-state index is 12.3. The quantitative estimate of drug-likeness (QED) is 0.251. The molecule has 2 rings (SSSR count). The van der Waals surface area contributed by atoms with Crippen LogP contribution in [-0.2, 0) is 9.59 Å². The zero-order valence-corrected chi connectivity index (χ0v) is 21.0. The number of benzene rings is 2. The van der Waals surface area contributed by atoms with E-state index in [0.29, 0.717) is 17.7 Å². The minimum atomic E-state index is -0.925. The van der Waals surface area contributed by atoms with Crippen molar-refractivity contribution in [2.45, 2.75) is 38.6 Å². The van der Waals surface area contributed by atoms with Crippen LogP contribution in [0.5, 0.6) is 0 Å². The molecule has 0 saturated carbocycles. The van der Waals surface area contributed by atoms with Crippen molar-refractivity contribution < 1.29 is 19.5 Å². The van der Waals surface area contributed by atoms with Crippen LogP contribution in [0.4, 0.5) is 5.69 Å². The number of carbonyl (C=O) groups is 3. The highest BCUT2D eigenvalue weighted by atomic mass is 16.3. The smallest absolute Gasteiger partial charge is 0.251 e. The second-order valence-corrected chi connectivity index (χ2v) is 8.64. The lowest BCUT2D eigenvalue weighted by Crippen LogP contribution is -2.46. The number of anilines is 1. The lowest BCUT2D eigenvalue weighted by atomic mass is 10.1. The molecule has 0 aromatic heterocycles. The van der Waals surface area contributed by atoms with E-state index in [1.165, 1.54) is 19.3 Å². The van der Waals surface area contributed by atoms with E-state index in [0.717, 1.165) is 24.2 Å². The Morgan fingerprint density at radius 2 is 1.58 bits per heavy atom. The Morgan fingerprint density at radius 3 is 2.14 bits per heavy atom. The fourth-order valence-electron chi connectivity index (χ4n) is 3.44. The molecule has 36 heavy (non-hydrogen) atoms. The number of Topliss-reactive ketones (excluding diaryl/α,β-unsaturated/α-hetero) is 1. The van der Waals surface area contributed by atoms with Crippen LogP contribution >= 0.6 is 0 Å². The number of ketones is 1. The van der Waals surface area contributed by atoms with Crippen molar-refractivity contribution in [2.75, 3.05) is 38.6 Å². The van der Waals surface area contributed by atoms with E-state index < -0.39 is 24.3 Å². The molecule has 8 nitrogen and oxygen atoms in total. The predicted molar refractivity (Wildman–Crippen MR) is 142 cm³/mol. The number of unbranched alkanes of at least 4 members (excludes halogenated alkanes) is 3. The molecule has 5 N–H and O–H groups in total. The van der Waals surface area contributed by atoms with Crippen molar-refractivity contribution in [3.05, 3.63) is 65.2 Å². The van der Waals surface area contributed by atoms with Crippen LogP contribution in [0.3, 0.4) is 0 Å². The van der Waals surface area contributed by atoms with Gasteiger partial charge in [-0.25, -0.2) is 0 Å². The number of aliphatic hydroxyl groups excluding tert-OH is 1. The molecule has 0 spiro atoms. The predicted octanol–water partition coefficient (Wildman–Crippen LogP) is 2.16. The molecule has 2 amide bonds. The molecule has 0 aliphatic carbocycles. The normalized spacial score (nSPS) is 11.4. The number of carbonyl (C=O) groups excluding carboxylic acids is 3. The average molecular weight is 493 g/mol. The van der Waals surface area contributed by atoms with E-state index in [4.69, 9.17) is 10.8 Å². The molecule has 2 aromatic carbocycles. The van der Waals surface area contributed by atoms with Crippen molar-refractivity contribution in [1.82, 2.24) is 10.2 Å². The summed E-state index contributed by atoms with van der Waals surface area (Å²) in [6.45, 7) is 2.67. The fourth-order valence-corrected chi connectivity index (χ4v) is 3.44. The summed E-state index contributed by atoms with van der Waals surface area (Å²) in [5, 5.41) is 14.4. The zero-order chi connectivity index (χ0) is 26.3. The highest BCUT2D eigenvalue weighted by Crippen LogP contribution is 2.10. The summed E-state index contributed by atoms with van der Waals surface area (Å²) in [6, 6.07) is 13.0. The topological polar surface area (TPSA) is 125 Å². The van der Waals surface area contributed by atoms with Gasteiger partial charge in [0.2, 0.25) is 5.91 Å². The first-order valence-corrected chi connectivity index (χ1v) is 12.2. The van der Waals surface area contributed by atoms with Gasteiger partial charge in [-0.3, -0.25) is 19.3 Å². The number of rotatable bonds is 13. The van der Waals surface area contributed by atoms with Gasteiger partial charge in [0.15, 0.2) is 5.78 Å². The molecule has 0 saturated heterocycles. The molecular weight excluding hydrogens is 456 g/mol. The molecular formula is C28H36N4O4. The van der Waals surface area contributed by atoms with Gasteiger partial charge in [0.25, 0.3) is 5.91 Å².